The second-order valence-corrected chi connectivity index (χ2v) is 7.35. The highest BCUT2D eigenvalue weighted by Crippen LogP contribution is 2.25. The largest absolute Gasteiger partial charge is 0.494 e. The van der Waals surface area contributed by atoms with E-state index in [1.165, 1.54) is 13.2 Å². The van der Waals surface area contributed by atoms with Gasteiger partial charge in [-0.1, -0.05) is 12.8 Å². The van der Waals surface area contributed by atoms with Crippen molar-refractivity contribution in [2.24, 2.45) is 0 Å². The number of ether oxygens (including phenoxy) is 1. The lowest BCUT2D eigenvalue weighted by molar-refractivity contribution is 0.0761. The van der Waals surface area contributed by atoms with Gasteiger partial charge in [-0.2, -0.15) is 5.10 Å². The molecule has 8 heteroatoms. The van der Waals surface area contributed by atoms with Crippen LogP contribution in [0.25, 0.3) is 17.2 Å². The third kappa shape index (κ3) is 3.90. The average Bonchev–Trinajstić information content (AvgIpc) is 2.96. The molecule has 0 atom stereocenters. The first kappa shape index (κ1) is 20.0. The van der Waals surface area contributed by atoms with E-state index in [0.717, 1.165) is 38.8 Å². The van der Waals surface area contributed by atoms with Crippen LogP contribution in [0.1, 0.15) is 41.7 Å². The Morgan fingerprint density at radius 1 is 1.13 bits per heavy atom. The minimum Gasteiger partial charge on any atom is -0.494 e. The smallest absolute Gasteiger partial charge is 0.257 e. The normalized spacial score (nSPS) is 14.4. The molecule has 0 unspecified atom stereocenters. The Hall–Kier alpha value is -3.29. The Morgan fingerprint density at radius 3 is 2.60 bits per heavy atom. The van der Waals surface area contributed by atoms with Crippen LogP contribution < -0.4 is 4.74 Å². The quantitative estimate of drug-likeness (QED) is 0.655. The molecule has 2 aromatic heterocycles. The topological polar surface area (TPSA) is 73.1 Å². The van der Waals surface area contributed by atoms with Crippen LogP contribution in [0.3, 0.4) is 0 Å². The molecular weight excluding hydrogens is 385 g/mol. The number of hydrogen-bond donors (Lipinski definition) is 0. The molecular formula is C22H24FN5O2. The van der Waals surface area contributed by atoms with E-state index in [4.69, 9.17) is 4.74 Å². The van der Waals surface area contributed by atoms with Gasteiger partial charge >= 0.3 is 0 Å². The van der Waals surface area contributed by atoms with Crippen LogP contribution in [0.5, 0.6) is 5.75 Å². The molecule has 4 rings (SSSR count). The van der Waals surface area contributed by atoms with E-state index in [1.54, 1.807) is 35.3 Å². The second kappa shape index (κ2) is 8.61. The van der Waals surface area contributed by atoms with Crippen molar-refractivity contribution in [2.75, 3.05) is 20.2 Å². The van der Waals surface area contributed by atoms with E-state index in [0.29, 0.717) is 28.5 Å². The summed E-state index contributed by atoms with van der Waals surface area (Å²) in [5.41, 5.74) is 2.39. The number of likely N-dealkylation sites (tertiary alicyclic amines) is 1. The van der Waals surface area contributed by atoms with Gasteiger partial charge in [0.15, 0.2) is 11.6 Å². The monoisotopic (exact) mass is 409 g/mol. The molecule has 156 valence electrons. The molecule has 1 amide bonds. The number of amides is 1. The minimum atomic E-state index is -0.462. The molecule has 1 aliphatic heterocycles. The second-order valence-electron chi connectivity index (χ2n) is 7.35. The summed E-state index contributed by atoms with van der Waals surface area (Å²) in [5, 5.41) is 4.36. The Bertz CT molecular complexity index is 1060. The maximum Gasteiger partial charge on any atom is 0.257 e. The van der Waals surface area contributed by atoms with E-state index in [9.17, 15) is 9.18 Å². The van der Waals surface area contributed by atoms with Crippen molar-refractivity contribution in [1.82, 2.24) is 24.6 Å². The molecule has 0 saturated carbocycles. The molecule has 0 spiro atoms. The summed E-state index contributed by atoms with van der Waals surface area (Å²) in [7, 11) is 1.42. The predicted octanol–water partition coefficient (Wildman–Crippen LogP) is 3.80. The minimum absolute atomic E-state index is 0.00553. The first-order valence-electron chi connectivity index (χ1n) is 10.1. The van der Waals surface area contributed by atoms with Crippen molar-refractivity contribution in [1.29, 1.82) is 0 Å². The number of nitrogens with zero attached hydrogens (tertiary/aromatic N) is 5. The highest BCUT2D eigenvalue weighted by atomic mass is 19.1. The number of aromatic nitrogens is 4. The van der Waals surface area contributed by atoms with Crippen LogP contribution in [0.4, 0.5) is 4.39 Å². The summed E-state index contributed by atoms with van der Waals surface area (Å²) < 4.78 is 20.6. The van der Waals surface area contributed by atoms with Gasteiger partial charge in [0.2, 0.25) is 0 Å². The molecule has 3 aromatic rings. The van der Waals surface area contributed by atoms with Crippen molar-refractivity contribution in [2.45, 2.75) is 32.6 Å². The number of carbonyl (C=O) groups excluding carboxylic acids is 1. The fourth-order valence-electron chi connectivity index (χ4n) is 3.70. The van der Waals surface area contributed by atoms with Gasteiger partial charge < -0.3 is 9.64 Å². The zero-order valence-electron chi connectivity index (χ0n) is 17.1. The third-order valence-corrected chi connectivity index (χ3v) is 5.41. The molecule has 0 radical (unpaired) electrons. The van der Waals surface area contributed by atoms with E-state index in [1.807, 2.05) is 11.8 Å². The van der Waals surface area contributed by atoms with Gasteiger partial charge in [0, 0.05) is 24.8 Å². The van der Waals surface area contributed by atoms with Gasteiger partial charge in [0.1, 0.15) is 0 Å². The van der Waals surface area contributed by atoms with Crippen molar-refractivity contribution >= 4 is 5.91 Å². The number of benzene rings is 1. The van der Waals surface area contributed by atoms with Gasteiger partial charge in [-0.25, -0.2) is 19.0 Å². The van der Waals surface area contributed by atoms with Gasteiger partial charge in [-0.15, -0.1) is 0 Å². The van der Waals surface area contributed by atoms with E-state index >= 15 is 0 Å². The Morgan fingerprint density at radius 2 is 1.90 bits per heavy atom. The highest BCUT2D eigenvalue weighted by molar-refractivity contribution is 5.95. The van der Waals surface area contributed by atoms with Crippen LogP contribution in [0.15, 0.2) is 36.7 Å². The molecule has 1 aliphatic rings. The van der Waals surface area contributed by atoms with Crippen LogP contribution in [-0.2, 0) is 0 Å². The Kier molecular flexibility index (Phi) is 5.74. The molecule has 1 aromatic carbocycles. The Balaban J connectivity index is 1.63. The summed E-state index contributed by atoms with van der Waals surface area (Å²) >= 11 is 0. The molecule has 0 N–H and O–H groups in total. The first-order valence-corrected chi connectivity index (χ1v) is 10.1. The lowest BCUT2D eigenvalue weighted by atomic mass is 10.1. The molecule has 3 heterocycles. The van der Waals surface area contributed by atoms with Crippen LogP contribution in [0, 0.1) is 12.7 Å². The summed E-state index contributed by atoms with van der Waals surface area (Å²) in [6.45, 7) is 3.39. The lowest BCUT2D eigenvalue weighted by Gasteiger charge is -2.19. The van der Waals surface area contributed by atoms with Crippen LogP contribution in [0.2, 0.25) is 0 Å². The average molecular weight is 409 g/mol. The summed E-state index contributed by atoms with van der Waals surface area (Å²) in [6, 6.07) is 6.36. The van der Waals surface area contributed by atoms with Gasteiger partial charge in [0.05, 0.1) is 30.3 Å². The van der Waals surface area contributed by atoms with E-state index in [-0.39, 0.29) is 11.7 Å². The van der Waals surface area contributed by atoms with E-state index < -0.39 is 5.82 Å². The van der Waals surface area contributed by atoms with E-state index in [2.05, 4.69) is 15.1 Å². The van der Waals surface area contributed by atoms with Crippen molar-refractivity contribution in [3.63, 3.8) is 0 Å². The van der Waals surface area contributed by atoms with Gasteiger partial charge in [-0.05, 0) is 44.0 Å². The van der Waals surface area contributed by atoms with Gasteiger partial charge in [-0.3, -0.25) is 4.79 Å². The number of rotatable bonds is 4. The Labute approximate surface area is 174 Å². The lowest BCUT2D eigenvalue weighted by Crippen LogP contribution is -2.32. The van der Waals surface area contributed by atoms with Crippen LogP contribution >= 0.6 is 0 Å². The molecule has 0 bridgehead atoms. The number of hydrogen-bond acceptors (Lipinski definition) is 5. The fraction of sp³-hybridized carbons (Fsp3) is 0.364. The number of methoxy groups -OCH3 is 1. The molecule has 7 nitrogen and oxygen atoms in total. The predicted molar refractivity (Wildman–Crippen MR) is 110 cm³/mol. The zero-order chi connectivity index (χ0) is 21.1. The number of halogens is 1. The standard InChI is InChI=1S/C22H24FN5O2/c1-15-17(21(29)27-11-5-3-4-6-12-27)14-25-28(15)22-24-10-9-19(26-22)16-7-8-20(30-2)18(23)13-16/h7-10,13-14H,3-6,11-12H2,1-2H3. The summed E-state index contributed by atoms with van der Waals surface area (Å²) in [6.07, 6.45) is 7.55. The third-order valence-electron chi connectivity index (χ3n) is 5.41. The van der Waals surface area contributed by atoms with Crippen molar-refractivity contribution < 1.29 is 13.9 Å². The van der Waals surface area contributed by atoms with Crippen LogP contribution in [-0.4, -0.2) is 50.8 Å². The summed E-state index contributed by atoms with van der Waals surface area (Å²) in [4.78, 5) is 23.7. The zero-order valence-corrected chi connectivity index (χ0v) is 17.1. The molecule has 0 aliphatic carbocycles. The van der Waals surface area contributed by atoms with Crippen molar-refractivity contribution in [3.05, 3.63) is 53.7 Å². The first-order chi connectivity index (χ1) is 14.6. The van der Waals surface area contributed by atoms with Crippen molar-refractivity contribution in [3.8, 4) is 23.0 Å². The maximum atomic E-state index is 14.1. The highest BCUT2D eigenvalue weighted by Gasteiger charge is 2.22. The number of carbonyl (C=O) groups is 1. The molecule has 1 fully saturated rings. The maximum absolute atomic E-state index is 14.1. The van der Waals surface area contributed by atoms with Gasteiger partial charge in [0.25, 0.3) is 11.9 Å². The molecule has 1 saturated heterocycles. The SMILES string of the molecule is COc1ccc(-c2ccnc(-n3ncc(C(=O)N4CCCCCC4)c3C)n2)cc1F. The molecule has 30 heavy (non-hydrogen) atoms. The fourth-order valence-corrected chi connectivity index (χ4v) is 3.70. The summed E-state index contributed by atoms with van der Waals surface area (Å²) in [5.74, 6) is 0.0357.